The summed E-state index contributed by atoms with van der Waals surface area (Å²) in [6.45, 7) is 0. The molecule has 3 rings (SSSR count). The van der Waals surface area contributed by atoms with Crippen LogP contribution in [0, 0.1) is 5.82 Å². The third-order valence-electron chi connectivity index (χ3n) is 3.35. The number of alkyl halides is 3. The van der Waals surface area contributed by atoms with Gasteiger partial charge in [0.1, 0.15) is 17.4 Å². The smallest absolute Gasteiger partial charge is 0.406 e. The summed E-state index contributed by atoms with van der Waals surface area (Å²) in [4.78, 5) is 35.5. The Bertz CT molecular complexity index is 981. The Morgan fingerprint density at radius 3 is 2.40 bits per heavy atom. The molecule has 11 heteroatoms. The van der Waals surface area contributed by atoms with Gasteiger partial charge in [0.15, 0.2) is 0 Å². The summed E-state index contributed by atoms with van der Waals surface area (Å²) in [6, 6.07) is 2.68. The fourth-order valence-electron chi connectivity index (χ4n) is 2.39. The maximum Gasteiger partial charge on any atom is 0.573 e. The Morgan fingerprint density at radius 1 is 1.08 bits per heavy atom. The summed E-state index contributed by atoms with van der Waals surface area (Å²) in [6.07, 6.45) is -5.03. The van der Waals surface area contributed by atoms with Crippen LogP contribution < -0.4 is 21.3 Å². The first-order chi connectivity index (χ1) is 11.6. The number of nitrogens with two attached hydrogens (primary N) is 1. The van der Waals surface area contributed by atoms with E-state index in [1.807, 2.05) is 5.32 Å². The maximum atomic E-state index is 14.1. The molecule has 0 fully saturated rings. The number of aromatic nitrogens is 1. The fourth-order valence-corrected chi connectivity index (χ4v) is 2.39. The van der Waals surface area contributed by atoms with E-state index in [1.165, 1.54) is 0 Å². The van der Waals surface area contributed by atoms with E-state index in [0.29, 0.717) is 22.8 Å². The van der Waals surface area contributed by atoms with Gasteiger partial charge in [-0.3, -0.25) is 24.3 Å². The maximum absolute atomic E-state index is 14.1. The zero-order valence-electron chi connectivity index (χ0n) is 12.0. The Kier molecular flexibility index (Phi) is 3.51. The van der Waals surface area contributed by atoms with Crippen molar-refractivity contribution in [2.75, 3.05) is 5.73 Å². The lowest BCUT2D eigenvalue weighted by molar-refractivity contribution is -0.274. The number of amides is 2. The van der Waals surface area contributed by atoms with Gasteiger partial charge >= 0.3 is 6.36 Å². The van der Waals surface area contributed by atoms with Crippen LogP contribution in [0.25, 0.3) is 5.69 Å². The van der Waals surface area contributed by atoms with Crippen LogP contribution in [0.4, 0.5) is 23.4 Å². The molecule has 0 atom stereocenters. The topological polar surface area (TPSA) is 103 Å². The number of pyridine rings is 1. The second-order valence-corrected chi connectivity index (χ2v) is 4.94. The fraction of sp³-hybridized carbons (Fsp3) is 0.0714. The quantitative estimate of drug-likeness (QED) is 0.624. The summed E-state index contributed by atoms with van der Waals surface area (Å²) in [5.74, 6) is -4.24. The third kappa shape index (κ3) is 2.79. The minimum Gasteiger partial charge on any atom is -0.406 e. The summed E-state index contributed by atoms with van der Waals surface area (Å²) >= 11 is 0. The molecule has 0 radical (unpaired) electrons. The molecule has 3 N–H and O–H groups in total. The zero-order valence-corrected chi connectivity index (χ0v) is 12.0. The molecule has 0 aliphatic carbocycles. The number of anilines is 1. The van der Waals surface area contributed by atoms with E-state index in [2.05, 4.69) is 4.74 Å². The van der Waals surface area contributed by atoms with Crippen molar-refractivity contribution in [3.05, 3.63) is 51.6 Å². The third-order valence-corrected chi connectivity index (χ3v) is 3.35. The predicted molar refractivity (Wildman–Crippen MR) is 74.9 cm³/mol. The number of hydrogen-bond acceptors (Lipinski definition) is 5. The Morgan fingerprint density at radius 2 is 1.76 bits per heavy atom. The van der Waals surface area contributed by atoms with Crippen LogP contribution in [0.1, 0.15) is 20.7 Å². The van der Waals surface area contributed by atoms with Gasteiger partial charge < -0.3 is 10.5 Å². The van der Waals surface area contributed by atoms with Gasteiger partial charge in [-0.15, -0.1) is 13.2 Å². The van der Waals surface area contributed by atoms with E-state index >= 15 is 0 Å². The molecule has 130 valence electrons. The zero-order chi connectivity index (χ0) is 18.5. The van der Waals surface area contributed by atoms with Crippen molar-refractivity contribution < 1.29 is 31.9 Å². The van der Waals surface area contributed by atoms with E-state index in [0.717, 1.165) is 6.07 Å². The highest BCUT2D eigenvalue weighted by molar-refractivity contribution is 6.23. The van der Waals surface area contributed by atoms with Crippen molar-refractivity contribution in [2.45, 2.75) is 6.36 Å². The van der Waals surface area contributed by atoms with E-state index in [4.69, 9.17) is 5.73 Å². The normalized spacial score (nSPS) is 13.6. The van der Waals surface area contributed by atoms with E-state index in [1.54, 1.807) is 0 Å². The van der Waals surface area contributed by atoms with Crippen LogP contribution in [-0.2, 0) is 0 Å². The highest BCUT2D eigenvalue weighted by Gasteiger charge is 2.33. The SMILES string of the molecule is Nc1c2c(cc(=O)n1-c1cc(OC(F)(F)F)ccc1F)C(=O)NC2=O. The number of hydrogen-bond donors (Lipinski definition) is 2. The molecule has 0 saturated carbocycles. The first-order valence-electron chi connectivity index (χ1n) is 6.55. The number of carbonyl (C=O) groups is 2. The molecule has 0 bridgehead atoms. The van der Waals surface area contributed by atoms with Crippen LogP contribution in [0.15, 0.2) is 29.1 Å². The minimum atomic E-state index is -5.03. The average Bonchev–Trinajstić information content (AvgIpc) is 2.75. The van der Waals surface area contributed by atoms with Crippen molar-refractivity contribution in [2.24, 2.45) is 0 Å². The molecular formula is C14H7F4N3O4. The molecule has 1 aromatic heterocycles. The van der Waals surface area contributed by atoms with Crippen molar-refractivity contribution >= 4 is 17.6 Å². The molecule has 2 heterocycles. The van der Waals surface area contributed by atoms with Crippen LogP contribution in [0.2, 0.25) is 0 Å². The monoisotopic (exact) mass is 357 g/mol. The molecule has 0 saturated heterocycles. The average molecular weight is 357 g/mol. The number of nitrogens with one attached hydrogen (secondary N) is 1. The molecule has 0 spiro atoms. The van der Waals surface area contributed by atoms with Gasteiger partial charge in [-0.2, -0.15) is 0 Å². The largest absolute Gasteiger partial charge is 0.573 e. The van der Waals surface area contributed by atoms with Gasteiger partial charge in [0.25, 0.3) is 17.4 Å². The molecule has 0 unspecified atom stereocenters. The van der Waals surface area contributed by atoms with Crippen LogP contribution in [0.3, 0.4) is 0 Å². The van der Waals surface area contributed by atoms with Crippen LogP contribution in [-0.4, -0.2) is 22.7 Å². The standard InChI is InChI=1S/C14H7F4N3O4/c15-7-2-1-5(25-14(16,17)18)3-8(7)21-9(22)4-6-10(11(21)19)13(24)20-12(6)23/h1-4H,19H2,(H,20,23,24). The van der Waals surface area contributed by atoms with E-state index in [9.17, 15) is 31.9 Å². The van der Waals surface area contributed by atoms with E-state index in [-0.39, 0.29) is 11.1 Å². The first-order valence-corrected chi connectivity index (χ1v) is 6.55. The number of ether oxygens (including phenoxy) is 1. The number of benzene rings is 1. The molecule has 25 heavy (non-hydrogen) atoms. The molecule has 1 aliphatic rings. The lowest BCUT2D eigenvalue weighted by atomic mass is 10.1. The molecule has 1 aromatic carbocycles. The van der Waals surface area contributed by atoms with Gasteiger partial charge in [0.05, 0.1) is 16.8 Å². The molecular weight excluding hydrogens is 350 g/mol. The van der Waals surface area contributed by atoms with Gasteiger partial charge in [-0.05, 0) is 12.1 Å². The molecule has 7 nitrogen and oxygen atoms in total. The van der Waals surface area contributed by atoms with Crippen molar-refractivity contribution in [1.29, 1.82) is 0 Å². The Labute approximate surface area is 135 Å². The highest BCUT2D eigenvalue weighted by atomic mass is 19.4. The summed E-state index contributed by atoms with van der Waals surface area (Å²) in [7, 11) is 0. The Balaban J connectivity index is 2.23. The van der Waals surface area contributed by atoms with Crippen molar-refractivity contribution in [1.82, 2.24) is 9.88 Å². The summed E-state index contributed by atoms with van der Waals surface area (Å²) in [5.41, 5.74) is 3.34. The van der Waals surface area contributed by atoms with Crippen molar-refractivity contribution in [3.8, 4) is 11.4 Å². The number of carbonyl (C=O) groups excluding carboxylic acids is 2. The lowest BCUT2D eigenvalue weighted by Gasteiger charge is -2.15. The van der Waals surface area contributed by atoms with Crippen LogP contribution >= 0.6 is 0 Å². The summed E-state index contributed by atoms with van der Waals surface area (Å²) < 4.78 is 55.1. The van der Waals surface area contributed by atoms with Gasteiger partial charge in [-0.1, -0.05) is 0 Å². The predicted octanol–water partition coefficient (Wildman–Crippen LogP) is 1.34. The molecule has 1 aliphatic heterocycles. The first kappa shape index (κ1) is 16.5. The van der Waals surface area contributed by atoms with E-state index < -0.39 is 46.8 Å². The lowest BCUT2D eigenvalue weighted by Crippen LogP contribution is -2.25. The van der Waals surface area contributed by atoms with Crippen LogP contribution in [0.5, 0.6) is 5.75 Å². The van der Waals surface area contributed by atoms with Gasteiger partial charge in [-0.25, -0.2) is 4.39 Å². The number of fused-ring (bicyclic) bond motifs is 1. The molecule has 2 amide bonds. The minimum absolute atomic E-state index is 0.299. The van der Waals surface area contributed by atoms with Gasteiger partial charge in [0, 0.05) is 12.1 Å². The Hall–Kier alpha value is -3.37. The highest BCUT2D eigenvalue weighted by Crippen LogP contribution is 2.28. The summed E-state index contributed by atoms with van der Waals surface area (Å²) in [5, 5.41) is 1.91. The van der Waals surface area contributed by atoms with Gasteiger partial charge in [0.2, 0.25) is 0 Å². The number of nitrogens with zero attached hydrogens (tertiary/aromatic N) is 1. The number of nitrogen functional groups attached to an aromatic ring is 1. The molecule has 2 aromatic rings. The number of imide groups is 1. The van der Waals surface area contributed by atoms with Crippen molar-refractivity contribution in [3.63, 3.8) is 0 Å². The number of halogens is 4. The number of rotatable bonds is 2. The second-order valence-electron chi connectivity index (χ2n) is 4.94. The second kappa shape index (κ2) is 5.33.